The van der Waals surface area contributed by atoms with Crippen LogP contribution in [-0.2, 0) is 9.47 Å². The van der Waals surface area contributed by atoms with E-state index in [1.165, 1.54) is 5.30 Å². The number of benzene rings is 1. The molecule has 0 spiro atoms. The summed E-state index contributed by atoms with van der Waals surface area (Å²) in [4.78, 5) is 0. The van der Waals surface area contributed by atoms with Crippen LogP contribution >= 0.6 is 7.26 Å². The molecule has 31 heavy (non-hydrogen) atoms. The molecular formula is C24H44BrO4PSi. The number of aromatic hydroxyl groups is 1. The topological polar surface area (TPSA) is 47.9 Å². The second kappa shape index (κ2) is 11.8. The van der Waals surface area contributed by atoms with Crippen LogP contribution < -0.4 is 27.0 Å². The van der Waals surface area contributed by atoms with Crippen LogP contribution in [0, 0.1) is 0 Å². The Morgan fingerprint density at radius 1 is 0.903 bits per heavy atom. The number of halogens is 1. The maximum absolute atomic E-state index is 10.5. The summed E-state index contributed by atoms with van der Waals surface area (Å²) in [6, 6.07) is 6.67. The maximum Gasteiger partial charge on any atom is 0.161 e. The van der Waals surface area contributed by atoms with Gasteiger partial charge in [0.05, 0.1) is 29.3 Å². The quantitative estimate of drug-likeness (QED) is 0.229. The molecule has 1 aromatic rings. The van der Waals surface area contributed by atoms with E-state index in [1.807, 2.05) is 12.1 Å². The van der Waals surface area contributed by atoms with E-state index >= 15 is 0 Å². The second-order valence-corrected chi connectivity index (χ2v) is 18.0. The van der Waals surface area contributed by atoms with Crippen molar-refractivity contribution in [3.05, 3.63) is 18.2 Å². The van der Waals surface area contributed by atoms with Crippen molar-refractivity contribution in [2.75, 3.05) is 20.8 Å². The van der Waals surface area contributed by atoms with E-state index in [4.69, 9.17) is 14.2 Å². The summed E-state index contributed by atoms with van der Waals surface area (Å²) in [5, 5.41) is 11.8. The molecule has 1 aromatic carbocycles. The van der Waals surface area contributed by atoms with Gasteiger partial charge in [0.1, 0.15) is 26.5 Å². The van der Waals surface area contributed by atoms with Crippen LogP contribution in [0.4, 0.5) is 0 Å². The zero-order chi connectivity index (χ0) is 23.4. The van der Waals surface area contributed by atoms with Crippen LogP contribution in [0.3, 0.4) is 0 Å². The molecule has 2 radical (unpaired) electrons. The van der Waals surface area contributed by atoms with Gasteiger partial charge >= 0.3 is 0 Å². The molecule has 0 aliphatic rings. The molecule has 4 nitrogen and oxygen atoms in total. The third-order valence-electron chi connectivity index (χ3n) is 5.64. The highest BCUT2D eigenvalue weighted by molar-refractivity contribution is 7.87. The van der Waals surface area contributed by atoms with Crippen molar-refractivity contribution in [1.82, 2.24) is 0 Å². The molecular weight excluding hydrogens is 491 g/mol. The van der Waals surface area contributed by atoms with Crippen LogP contribution in [0.5, 0.6) is 11.5 Å². The minimum Gasteiger partial charge on any atom is -1.00 e. The molecule has 0 bridgehead atoms. The Bertz CT molecular complexity index is 638. The lowest BCUT2D eigenvalue weighted by molar-refractivity contribution is -0.0441. The van der Waals surface area contributed by atoms with Gasteiger partial charge in [-0.2, -0.15) is 0 Å². The number of ether oxygens (including phenoxy) is 3. The molecule has 0 aromatic heterocycles. The van der Waals surface area contributed by atoms with Crippen molar-refractivity contribution in [1.29, 1.82) is 0 Å². The van der Waals surface area contributed by atoms with Crippen molar-refractivity contribution >= 4 is 22.1 Å². The van der Waals surface area contributed by atoms with Gasteiger partial charge in [0.15, 0.2) is 5.75 Å². The fraction of sp³-hybridized carbons (Fsp3) is 0.750. The van der Waals surface area contributed by atoms with Crippen LogP contribution in [0.25, 0.3) is 0 Å². The Labute approximate surface area is 204 Å². The molecule has 1 N–H and O–H groups in total. The highest BCUT2D eigenvalue weighted by atomic mass is 79.9. The predicted octanol–water partition coefficient (Wildman–Crippen LogP) is 2.90. The summed E-state index contributed by atoms with van der Waals surface area (Å²) >= 11 is 0. The summed E-state index contributed by atoms with van der Waals surface area (Å²) in [6.45, 7) is 21.8. The second-order valence-electron chi connectivity index (χ2n) is 10.8. The summed E-state index contributed by atoms with van der Waals surface area (Å²) in [5.74, 6) is 1.10. The van der Waals surface area contributed by atoms with Crippen LogP contribution in [0.1, 0.15) is 68.7 Å². The first-order chi connectivity index (χ1) is 13.6. The molecule has 7 heteroatoms. The van der Waals surface area contributed by atoms with E-state index in [0.717, 1.165) is 18.2 Å². The number of phenols is 1. The van der Waals surface area contributed by atoms with Gasteiger partial charge in [0, 0.05) is 20.3 Å². The summed E-state index contributed by atoms with van der Waals surface area (Å²) in [6.07, 6.45) is 0.938. The molecule has 0 amide bonds. The Balaban J connectivity index is 0.00000900. The van der Waals surface area contributed by atoms with Crippen molar-refractivity contribution < 1.29 is 36.3 Å². The summed E-state index contributed by atoms with van der Waals surface area (Å²) < 4.78 is 16.9. The van der Waals surface area contributed by atoms with Crippen molar-refractivity contribution in [2.45, 2.75) is 96.2 Å². The minimum atomic E-state index is -1.87. The third-order valence-corrected chi connectivity index (χ3v) is 14.2. The predicted molar refractivity (Wildman–Crippen MR) is 132 cm³/mol. The van der Waals surface area contributed by atoms with Crippen LogP contribution in [-0.4, -0.2) is 56.8 Å². The van der Waals surface area contributed by atoms with Gasteiger partial charge in [-0.1, -0.05) is 6.04 Å². The van der Waals surface area contributed by atoms with E-state index in [-0.39, 0.29) is 38.4 Å². The van der Waals surface area contributed by atoms with Gasteiger partial charge in [-0.3, -0.25) is 0 Å². The van der Waals surface area contributed by atoms with Gasteiger partial charge in [0.2, 0.25) is 0 Å². The summed E-state index contributed by atoms with van der Waals surface area (Å²) in [7, 11) is 2.07. The smallest absolute Gasteiger partial charge is 0.161 e. The highest BCUT2D eigenvalue weighted by Crippen LogP contribution is 2.83. The fourth-order valence-electron chi connectivity index (χ4n) is 5.73. The van der Waals surface area contributed by atoms with Crippen molar-refractivity contribution in [3.63, 3.8) is 0 Å². The van der Waals surface area contributed by atoms with Gasteiger partial charge < -0.3 is 36.3 Å². The number of rotatable bonds is 9. The Hall–Kier alpha value is -0.133. The first-order valence-electron chi connectivity index (χ1n) is 10.8. The SMILES string of the molecule is COC(OC)[Si]CCCOc1ccc(O)cc1[P+](C(C)(C)C)(C(C)(C)C)C(C)(C)C.[Br-]. The number of methoxy groups -OCH3 is 2. The van der Waals surface area contributed by atoms with E-state index in [0.29, 0.717) is 21.9 Å². The van der Waals surface area contributed by atoms with Gasteiger partial charge in [-0.15, -0.1) is 0 Å². The standard InChI is InChI=1S/C24H43O4PSi.BrH/c1-22(2,3)29(23(4,5)6,24(7,8)9)20-17-18(25)13-14-19(20)28-15-12-16-30-21(26-10)27-11;/h13-14,17,21H,12,15-16H2,1-11H3;1H. The fourth-order valence-corrected chi connectivity index (χ4v) is 15.6. The molecule has 0 saturated heterocycles. The lowest BCUT2D eigenvalue weighted by atomic mass is 10.2. The van der Waals surface area contributed by atoms with E-state index < -0.39 is 7.26 Å². The molecule has 0 aliphatic heterocycles. The molecule has 1 rings (SSSR count). The lowest BCUT2D eigenvalue weighted by Gasteiger charge is -2.54. The average molecular weight is 536 g/mol. The minimum absolute atomic E-state index is 0. The van der Waals surface area contributed by atoms with Gasteiger partial charge in [-0.05, 0) is 80.9 Å². The Kier molecular flexibility index (Phi) is 11.8. The zero-order valence-electron chi connectivity index (χ0n) is 21.4. The third kappa shape index (κ3) is 6.93. The molecule has 0 heterocycles. The lowest BCUT2D eigenvalue weighted by Crippen LogP contribution is -3.00. The van der Waals surface area contributed by atoms with Crippen molar-refractivity contribution in [2.24, 2.45) is 0 Å². The molecule has 0 unspecified atom stereocenters. The van der Waals surface area contributed by atoms with Gasteiger partial charge in [0.25, 0.3) is 0 Å². The van der Waals surface area contributed by atoms with E-state index in [2.05, 4.69) is 62.3 Å². The van der Waals surface area contributed by atoms with E-state index in [9.17, 15) is 5.11 Å². The maximum atomic E-state index is 10.5. The average Bonchev–Trinajstić information content (AvgIpc) is 2.56. The molecule has 0 fully saturated rings. The molecule has 180 valence electrons. The zero-order valence-corrected chi connectivity index (χ0v) is 24.9. The normalized spacial score (nSPS) is 13.3. The van der Waals surface area contributed by atoms with Crippen molar-refractivity contribution in [3.8, 4) is 11.5 Å². The monoisotopic (exact) mass is 534 g/mol. The Morgan fingerprint density at radius 3 is 1.81 bits per heavy atom. The number of hydrogen-bond acceptors (Lipinski definition) is 4. The van der Waals surface area contributed by atoms with Gasteiger partial charge in [-0.25, -0.2) is 0 Å². The van der Waals surface area contributed by atoms with Crippen LogP contribution in [0.15, 0.2) is 18.2 Å². The number of hydrogen-bond donors (Lipinski definition) is 1. The molecule has 0 saturated carbocycles. The van der Waals surface area contributed by atoms with Crippen LogP contribution in [0.2, 0.25) is 6.04 Å². The summed E-state index contributed by atoms with van der Waals surface area (Å²) in [5.41, 5.74) is 0. The molecule has 0 aliphatic carbocycles. The van der Waals surface area contributed by atoms with E-state index in [1.54, 1.807) is 20.3 Å². The Morgan fingerprint density at radius 2 is 1.39 bits per heavy atom. The number of phenolic OH excluding ortho intramolecular Hbond substituents is 1. The first kappa shape index (κ1) is 30.9. The molecule has 0 atom stereocenters. The highest BCUT2D eigenvalue weighted by Gasteiger charge is 2.67. The first-order valence-corrected chi connectivity index (χ1v) is 13.9. The largest absolute Gasteiger partial charge is 1.00 e.